The van der Waals surface area contributed by atoms with Crippen LogP contribution in [0.3, 0.4) is 0 Å². The summed E-state index contributed by atoms with van der Waals surface area (Å²) in [6.07, 6.45) is 3.93. The van der Waals surface area contributed by atoms with E-state index in [0.717, 1.165) is 24.6 Å². The van der Waals surface area contributed by atoms with E-state index in [1.165, 1.54) is 16.8 Å². The molecule has 1 saturated carbocycles. The van der Waals surface area contributed by atoms with E-state index < -0.39 is 10.7 Å². The van der Waals surface area contributed by atoms with Gasteiger partial charge in [-0.25, -0.2) is 9.07 Å². The van der Waals surface area contributed by atoms with Gasteiger partial charge in [-0.2, -0.15) is 5.10 Å². The highest BCUT2D eigenvalue weighted by Crippen LogP contribution is 2.39. The van der Waals surface area contributed by atoms with E-state index in [9.17, 15) is 14.5 Å². The van der Waals surface area contributed by atoms with Gasteiger partial charge in [-0.1, -0.05) is 0 Å². The second-order valence-corrected chi connectivity index (χ2v) is 4.35. The smallest absolute Gasteiger partial charge is 0.258 e. The first-order valence-corrected chi connectivity index (χ1v) is 5.65. The number of non-ortho nitro benzene ring substituents is 1. The van der Waals surface area contributed by atoms with Crippen LogP contribution in [0.2, 0.25) is 0 Å². The Kier molecular flexibility index (Phi) is 2.36. The molecular weight excluding hydrogens is 237 g/mol. The van der Waals surface area contributed by atoms with Crippen LogP contribution in [-0.2, 0) is 0 Å². The summed E-state index contributed by atoms with van der Waals surface area (Å²) in [5.41, 5.74) is 0.922. The first kappa shape index (κ1) is 10.9. The van der Waals surface area contributed by atoms with Gasteiger partial charge in [0.1, 0.15) is 5.69 Å². The fourth-order valence-electron chi connectivity index (χ4n) is 1.86. The van der Waals surface area contributed by atoms with Crippen molar-refractivity contribution in [1.29, 1.82) is 0 Å². The summed E-state index contributed by atoms with van der Waals surface area (Å²) in [7, 11) is 0. The molecule has 0 radical (unpaired) electrons. The van der Waals surface area contributed by atoms with E-state index in [2.05, 4.69) is 5.10 Å². The summed E-state index contributed by atoms with van der Waals surface area (Å²) in [5, 5.41) is 14.8. The van der Waals surface area contributed by atoms with Crippen molar-refractivity contribution in [3.63, 3.8) is 0 Å². The molecule has 1 fully saturated rings. The van der Waals surface area contributed by atoms with Gasteiger partial charge < -0.3 is 0 Å². The van der Waals surface area contributed by atoms with E-state index in [1.54, 1.807) is 6.20 Å². The highest BCUT2D eigenvalue weighted by Gasteiger charge is 2.26. The lowest BCUT2D eigenvalue weighted by Gasteiger charge is -2.02. The summed E-state index contributed by atoms with van der Waals surface area (Å²) in [4.78, 5) is 9.90. The zero-order valence-corrected chi connectivity index (χ0v) is 9.41. The molecule has 3 rings (SSSR count). The fourth-order valence-corrected chi connectivity index (χ4v) is 1.86. The molecule has 1 heterocycles. The number of benzene rings is 1. The van der Waals surface area contributed by atoms with Crippen LogP contribution < -0.4 is 0 Å². The summed E-state index contributed by atoms with van der Waals surface area (Å²) < 4.78 is 15.2. The Morgan fingerprint density at radius 1 is 1.39 bits per heavy atom. The molecule has 0 N–H and O–H groups in total. The number of hydrogen-bond acceptors (Lipinski definition) is 3. The van der Waals surface area contributed by atoms with E-state index >= 15 is 0 Å². The van der Waals surface area contributed by atoms with Crippen molar-refractivity contribution >= 4 is 5.69 Å². The maximum atomic E-state index is 13.8. The van der Waals surface area contributed by atoms with Gasteiger partial charge in [0.15, 0.2) is 5.82 Å². The zero-order valence-electron chi connectivity index (χ0n) is 9.41. The number of nitrogens with zero attached hydrogens (tertiary/aromatic N) is 3. The number of nitro benzene ring substituents is 1. The minimum atomic E-state index is -0.644. The van der Waals surface area contributed by atoms with E-state index in [0.29, 0.717) is 5.92 Å². The molecule has 0 amide bonds. The zero-order chi connectivity index (χ0) is 12.7. The van der Waals surface area contributed by atoms with Crippen LogP contribution in [0.25, 0.3) is 5.69 Å². The summed E-state index contributed by atoms with van der Waals surface area (Å²) in [5.74, 6) is -0.151. The van der Waals surface area contributed by atoms with Gasteiger partial charge >= 0.3 is 0 Å². The molecule has 0 bridgehead atoms. The largest absolute Gasteiger partial charge is 0.272 e. The standard InChI is InChI=1S/C12H10FN3O2/c13-10-7-9(16(17)18)3-4-12(10)15-6-5-11(14-15)8-1-2-8/h3-8H,1-2H2. The highest BCUT2D eigenvalue weighted by atomic mass is 19.1. The summed E-state index contributed by atoms with van der Waals surface area (Å²) in [6, 6.07) is 5.42. The molecule has 2 aromatic rings. The van der Waals surface area contributed by atoms with Crippen LogP contribution in [0, 0.1) is 15.9 Å². The number of aromatic nitrogens is 2. The molecule has 6 heteroatoms. The van der Waals surface area contributed by atoms with Crippen molar-refractivity contribution in [3.8, 4) is 5.69 Å². The number of hydrogen-bond donors (Lipinski definition) is 0. The lowest BCUT2D eigenvalue weighted by Crippen LogP contribution is -2.00. The van der Waals surface area contributed by atoms with Gasteiger partial charge in [0.25, 0.3) is 5.69 Å². The Balaban J connectivity index is 1.97. The molecule has 0 saturated heterocycles. The van der Waals surface area contributed by atoms with Gasteiger partial charge in [0.2, 0.25) is 0 Å². The lowest BCUT2D eigenvalue weighted by molar-refractivity contribution is -0.385. The average Bonchev–Trinajstić information content (AvgIpc) is 3.08. The van der Waals surface area contributed by atoms with Gasteiger partial charge in [-0.05, 0) is 25.0 Å². The van der Waals surface area contributed by atoms with Crippen LogP contribution >= 0.6 is 0 Å². The Bertz CT molecular complexity index is 620. The highest BCUT2D eigenvalue weighted by molar-refractivity contribution is 5.42. The Morgan fingerprint density at radius 3 is 2.78 bits per heavy atom. The van der Waals surface area contributed by atoms with Crippen molar-refractivity contribution in [1.82, 2.24) is 9.78 Å². The van der Waals surface area contributed by atoms with Crippen LogP contribution in [0.1, 0.15) is 24.5 Å². The topological polar surface area (TPSA) is 61.0 Å². The molecule has 1 aromatic heterocycles. The monoisotopic (exact) mass is 247 g/mol. The molecule has 0 atom stereocenters. The molecule has 1 aliphatic rings. The Labute approximate surface area is 102 Å². The second kappa shape index (κ2) is 3.90. The van der Waals surface area contributed by atoms with Crippen molar-refractivity contribution in [3.05, 3.63) is 52.1 Å². The third-order valence-corrected chi connectivity index (χ3v) is 2.99. The molecule has 1 aromatic carbocycles. The molecular formula is C12H10FN3O2. The predicted molar refractivity (Wildman–Crippen MR) is 62.2 cm³/mol. The van der Waals surface area contributed by atoms with Crippen LogP contribution in [0.15, 0.2) is 30.5 Å². The van der Waals surface area contributed by atoms with Crippen molar-refractivity contribution in [2.75, 3.05) is 0 Å². The third-order valence-electron chi connectivity index (χ3n) is 2.99. The molecule has 1 aliphatic carbocycles. The molecule has 18 heavy (non-hydrogen) atoms. The second-order valence-electron chi connectivity index (χ2n) is 4.35. The van der Waals surface area contributed by atoms with Crippen molar-refractivity contribution in [2.45, 2.75) is 18.8 Å². The summed E-state index contributed by atoms with van der Waals surface area (Å²) >= 11 is 0. The number of halogens is 1. The van der Waals surface area contributed by atoms with E-state index in [1.807, 2.05) is 6.07 Å². The van der Waals surface area contributed by atoms with Gasteiger partial charge in [0, 0.05) is 18.2 Å². The van der Waals surface area contributed by atoms with E-state index in [4.69, 9.17) is 0 Å². The number of rotatable bonds is 3. The lowest BCUT2D eigenvalue weighted by atomic mass is 10.2. The molecule has 92 valence electrons. The maximum absolute atomic E-state index is 13.8. The average molecular weight is 247 g/mol. The maximum Gasteiger partial charge on any atom is 0.272 e. The fraction of sp³-hybridized carbons (Fsp3) is 0.250. The van der Waals surface area contributed by atoms with Crippen molar-refractivity contribution < 1.29 is 9.31 Å². The van der Waals surface area contributed by atoms with Gasteiger partial charge in [-0.15, -0.1) is 0 Å². The summed E-state index contributed by atoms with van der Waals surface area (Å²) in [6.45, 7) is 0. The molecule has 5 nitrogen and oxygen atoms in total. The normalized spacial score (nSPS) is 14.7. The van der Waals surface area contributed by atoms with Crippen LogP contribution in [0.5, 0.6) is 0 Å². The first-order chi connectivity index (χ1) is 8.65. The minimum absolute atomic E-state index is 0.229. The van der Waals surface area contributed by atoms with Crippen LogP contribution in [-0.4, -0.2) is 14.7 Å². The molecule has 0 spiro atoms. The van der Waals surface area contributed by atoms with Crippen molar-refractivity contribution in [2.24, 2.45) is 0 Å². The first-order valence-electron chi connectivity index (χ1n) is 5.65. The molecule has 0 unspecified atom stereocenters. The molecule has 0 aliphatic heterocycles. The predicted octanol–water partition coefficient (Wildman–Crippen LogP) is 2.80. The minimum Gasteiger partial charge on any atom is -0.258 e. The van der Waals surface area contributed by atoms with Gasteiger partial charge in [-0.3, -0.25) is 10.1 Å². The third kappa shape index (κ3) is 1.85. The van der Waals surface area contributed by atoms with E-state index in [-0.39, 0.29) is 11.4 Å². The quantitative estimate of drug-likeness (QED) is 0.619. The Hall–Kier alpha value is -2.24. The number of nitro groups is 1. The SMILES string of the molecule is O=[N+]([O-])c1ccc(-n2ccc(C3CC3)n2)c(F)c1. The van der Waals surface area contributed by atoms with Gasteiger partial charge in [0.05, 0.1) is 16.7 Å². The van der Waals surface area contributed by atoms with Crippen LogP contribution in [0.4, 0.5) is 10.1 Å². The Morgan fingerprint density at radius 2 is 2.17 bits per heavy atom.